The number of carbonyl (C=O) groups is 3. The van der Waals surface area contributed by atoms with Gasteiger partial charge in [-0.25, -0.2) is 0 Å². The summed E-state index contributed by atoms with van der Waals surface area (Å²) >= 11 is 0. The van der Waals surface area contributed by atoms with Crippen LogP contribution in [0.25, 0.3) is 0 Å². The number of nitrogens with two attached hydrogens (primary N) is 1. The molecule has 1 atom stereocenters. The molecule has 0 heterocycles. The molecule has 0 aliphatic carbocycles. The number of unbranched alkanes of at least 4 members (excludes halogenated alkanes) is 7. The number of carboxylic acids is 1. The van der Waals surface area contributed by atoms with Gasteiger partial charge in [-0.2, -0.15) is 0 Å². The first-order valence-electron chi connectivity index (χ1n) is 8.19. The Morgan fingerprint density at radius 3 is 1.88 bits per heavy atom. The molecule has 0 saturated heterocycles. The van der Waals surface area contributed by atoms with Crippen LogP contribution < -0.4 is 109 Å². The summed E-state index contributed by atoms with van der Waals surface area (Å²) in [5, 5.41) is 8.57. The van der Waals surface area contributed by atoms with E-state index in [1.807, 2.05) is 0 Å². The Balaban J connectivity index is -0.000000367. The normalized spacial score (nSPS) is 10.9. The van der Waals surface area contributed by atoms with Crippen LogP contribution in [0.15, 0.2) is 0 Å². The molecule has 132 valence electrons. The zero-order valence-electron chi connectivity index (χ0n) is 17.5. The fourth-order valence-electron chi connectivity index (χ4n) is 2.03. The molecule has 0 aliphatic heterocycles. The molecule has 24 heavy (non-hydrogen) atoms. The molecule has 0 aromatic carbocycles. The minimum atomic E-state index is -1.17. The third-order valence-electron chi connectivity index (χ3n) is 3.44. The van der Waals surface area contributed by atoms with E-state index in [0.717, 1.165) is 12.8 Å². The zero-order chi connectivity index (χ0) is 16.8. The molecule has 3 N–H and O–H groups in total. The first-order valence-corrected chi connectivity index (χ1v) is 8.19. The Kier molecular flexibility index (Phi) is 26.9. The minimum Gasteiger partial charge on any atom is -1.00 e. The topological polar surface area (TPSA) is 107 Å². The van der Waals surface area contributed by atoms with Gasteiger partial charge in [-0.3, -0.25) is 14.4 Å². The molecule has 0 aliphatic rings. The van der Waals surface area contributed by atoms with Crippen molar-refractivity contribution >= 4 is 17.9 Å². The molecule has 6 nitrogen and oxygen atoms in total. The second-order valence-electron chi connectivity index (χ2n) is 5.55. The Morgan fingerprint density at radius 1 is 0.917 bits per heavy atom. The van der Waals surface area contributed by atoms with E-state index in [0.29, 0.717) is 6.42 Å². The summed E-state index contributed by atoms with van der Waals surface area (Å²) in [5.41, 5.74) is 5.26. The van der Waals surface area contributed by atoms with Crippen molar-refractivity contribution in [2.24, 2.45) is 5.73 Å². The largest absolute Gasteiger partial charge is 1.00 e. The molecule has 0 spiro atoms. The van der Waals surface area contributed by atoms with Crippen LogP contribution in [0.2, 0.25) is 0 Å². The van der Waals surface area contributed by atoms with Crippen LogP contribution in [0.4, 0.5) is 0 Å². The molecule has 0 aromatic rings. The number of ether oxygens (including phenoxy) is 1. The van der Waals surface area contributed by atoms with Crippen LogP contribution in [0.3, 0.4) is 0 Å². The van der Waals surface area contributed by atoms with Crippen molar-refractivity contribution in [3.63, 3.8) is 0 Å². The van der Waals surface area contributed by atoms with E-state index in [4.69, 9.17) is 10.8 Å². The van der Waals surface area contributed by atoms with E-state index in [9.17, 15) is 14.4 Å². The summed E-state index contributed by atoms with van der Waals surface area (Å²) in [6.07, 6.45) is 9.01. The van der Waals surface area contributed by atoms with Gasteiger partial charge in [0.15, 0.2) is 0 Å². The Bertz CT molecular complexity index is 364. The van der Waals surface area contributed by atoms with Gasteiger partial charge < -0.3 is 18.4 Å². The Hall–Kier alpha value is 1.84. The van der Waals surface area contributed by atoms with Gasteiger partial charge in [-0.1, -0.05) is 51.9 Å². The fourth-order valence-corrected chi connectivity index (χ4v) is 2.03. The van der Waals surface area contributed by atoms with Crippen molar-refractivity contribution in [1.82, 2.24) is 0 Å². The second-order valence-corrected chi connectivity index (χ2v) is 5.55. The van der Waals surface area contributed by atoms with E-state index in [-0.39, 0.29) is 125 Å². The molecular formula is C16H31K2NO5. The summed E-state index contributed by atoms with van der Waals surface area (Å²) in [5.74, 6) is -2.42. The minimum absolute atomic E-state index is 0. The number of hydrogen-bond donors (Lipinski definition) is 2. The first kappa shape index (κ1) is 30.6. The number of carbonyl (C=O) groups excluding carboxylic acids is 2. The van der Waals surface area contributed by atoms with Crippen LogP contribution >= 0.6 is 0 Å². The maximum absolute atomic E-state index is 11.4. The molecule has 0 fully saturated rings. The maximum atomic E-state index is 11.4. The van der Waals surface area contributed by atoms with Crippen molar-refractivity contribution in [3.05, 3.63) is 0 Å². The van der Waals surface area contributed by atoms with E-state index in [1.54, 1.807) is 0 Å². The van der Waals surface area contributed by atoms with E-state index in [1.165, 1.54) is 32.1 Å². The van der Waals surface area contributed by atoms with Gasteiger partial charge in [0.2, 0.25) is 0 Å². The van der Waals surface area contributed by atoms with Crippen LogP contribution in [0.1, 0.15) is 80.4 Å². The molecule has 0 bridgehead atoms. The summed E-state index contributed by atoms with van der Waals surface area (Å²) in [6, 6.07) is -1.10. The Morgan fingerprint density at radius 2 is 1.38 bits per heavy atom. The molecule has 8 heteroatoms. The van der Waals surface area contributed by atoms with E-state index < -0.39 is 23.9 Å². The van der Waals surface area contributed by atoms with E-state index in [2.05, 4.69) is 11.7 Å². The van der Waals surface area contributed by atoms with Crippen LogP contribution in [0, 0.1) is 0 Å². The average Bonchev–Trinajstić information content (AvgIpc) is 2.47. The van der Waals surface area contributed by atoms with Crippen molar-refractivity contribution in [2.45, 2.75) is 83.6 Å². The van der Waals surface area contributed by atoms with Crippen LogP contribution in [-0.4, -0.2) is 29.1 Å². The smallest absolute Gasteiger partial charge is 1.00 e. The quantitative estimate of drug-likeness (QED) is 0.149. The fraction of sp³-hybridized carbons (Fsp3) is 0.812. The first-order chi connectivity index (χ1) is 10.5. The summed E-state index contributed by atoms with van der Waals surface area (Å²) in [4.78, 5) is 33.2. The standard InChI is InChI=1S/C16H29NO5.2K.2H/c1-2-3-4-5-6-7-8-9-10-14(18)22-15(19)12-11-13(17)16(20)21;;;;/h13H,2-12,17H2,1H3,(H,20,21);;;;/q;2*+1;2*-1/t13-;;;;/m0..../s1. The van der Waals surface area contributed by atoms with Gasteiger partial charge in [-0.05, 0) is 12.8 Å². The maximum Gasteiger partial charge on any atom is 1.00 e. The van der Waals surface area contributed by atoms with Crippen molar-refractivity contribution < 1.29 is 130 Å². The predicted octanol–water partition coefficient (Wildman–Crippen LogP) is -2.99. The number of hydrogen-bond acceptors (Lipinski definition) is 5. The van der Waals surface area contributed by atoms with Crippen LogP contribution in [0.5, 0.6) is 0 Å². The predicted molar refractivity (Wildman–Crippen MR) is 85.4 cm³/mol. The summed E-state index contributed by atoms with van der Waals surface area (Å²) < 4.78 is 4.61. The van der Waals surface area contributed by atoms with Crippen molar-refractivity contribution in [2.75, 3.05) is 0 Å². The van der Waals surface area contributed by atoms with Crippen molar-refractivity contribution in [1.29, 1.82) is 0 Å². The molecule has 0 unspecified atom stereocenters. The van der Waals surface area contributed by atoms with E-state index >= 15 is 0 Å². The van der Waals surface area contributed by atoms with Gasteiger partial charge in [0.25, 0.3) is 0 Å². The molecular weight excluding hydrogens is 364 g/mol. The van der Waals surface area contributed by atoms with Gasteiger partial charge in [0, 0.05) is 12.8 Å². The number of rotatable bonds is 13. The third kappa shape index (κ3) is 20.2. The zero-order valence-corrected chi connectivity index (χ0v) is 21.8. The summed E-state index contributed by atoms with van der Waals surface area (Å²) in [6.45, 7) is 2.18. The third-order valence-corrected chi connectivity index (χ3v) is 3.44. The van der Waals surface area contributed by atoms with Gasteiger partial charge in [0.1, 0.15) is 6.04 Å². The number of carboxylic acid groups (broad SMARTS) is 1. The van der Waals surface area contributed by atoms with Gasteiger partial charge in [-0.15, -0.1) is 0 Å². The second kappa shape index (κ2) is 21.1. The van der Waals surface area contributed by atoms with Crippen molar-refractivity contribution in [3.8, 4) is 0 Å². The number of aliphatic carboxylic acids is 1. The molecule has 0 aromatic heterocycles. The molecule has 0 amide bonds. The van der Waals surface area contributed by atoms with Crippen LogP contribution in [-0.2, 0) is 19.1 Å². The Labute approximate surface area is 233 Å². The monoisotopic (exact) mass is 395 g/mol. The molecule has 0 rings (SSSR count). The SMILES string of the molecule is CCCCCCCCCCC(=O)OC(=O)CC[C@H](N)C(=O)O.[H-].[H-].[K+].[K+]. The summed E-state index contributed by atoms with van der Waals surface area (Å²) in [7, 11) is 0. The average molecular weight is 396 g/mol. The van der Waals surface area contributed by atoms with Gasteiger partial charge in [0.05, 0.1) is 0 Å². The van der Waals surface area contributed by atoms with Gasteiger partial charge >= 0.3 is 121 Å². The molecule has 0 saturated carbocycles. The number of esters is 2. The molecule has 0 radical (unpaired) electrons.